The summed E-state index contributed by atoms with van der Waals surface area (Å²) in [5.41, 5.74) is 2.92. The highest BCUT2D eigenvalue weighted by molar-refractivity contribution is 7.99. The first kappa shape index (κ1) is 15.0. The second-order valence-electron chi connectivity index (χ2n) is 4.49. The largest absolute Gasteiger partial charge is 0.389 e. The van der Waals surface area contributed by atoms with Gasteiger partial charge in [-0.05, 0) is 12.5 Å². The number of aromatic amines is 1. The Hall–Kier alpha value is -1.43. The Bertz CT molecular complexity index is 549. The monoisotopic (exact) mass is 300 g/mol. The fourth-order valence-corrected chi connectivity index (χ4v) is 2.69. The lowest BCUT2D eigenvalue weighted by Gasteiger charge is -2.03. The molecule has 0 spiro atoms. The zero-order valence-electron chi connectivity index (χ0n) is 11.0. The van der Waals surface area contributed by atoms with Crippen LogP contribution in [0.2, 0.25) is 0 Å². The molecule has 0 saturated carbocycles. The second kappa shape index (κ2) is 6.35. The van der Waals surface area contributed by atoms with Gasteiger partial charge in [0, 0.05) is 17.9 Å². The Morgan fingerprint density at radius 3 is 2.55 bits per heavy atom. The van der Waals surface area contributed by atoms with Gasteiger partial charge in [-0.15, -0.1) is 0 Å². The van der Waals surface area contributed by atoms with E-state index < -0.39 is 12.6 Å². The maximum Gasteiger partial charge on any atom is 0.389 e. The summed E-state index contributed by atoms with van der Waals surface area (Å²) in [7, 11) is 0. The van der Waals surface area contributed by atoms with Crippen LogP contribution in [0.3, 0.4) is 0 Å². The number of thioether (sulfide) groups is 1. The van der Waals surface area contributed by atoms with Crippen LogP contribution in [0.15, 0.2) is 35.5 Å². The number of aryl methyl sites for hydroxylation is 1. The predicted octanol–water partition coefficient (Wildman–Crippen LogP) is 4.35. The molecule has 6 heteroatoms. The first-order valence-electron chi connectivity index (χ1n) is 6.23. The third-order valence-corrected chi connectivity index (χ3v) is 3.68. The van der Waals surface area contributed by atoms with Gasteiger partial charge in [0.25, 0.3) is 0 Å². The van der Waals surface area contributed by atoms with E-state index in [-0.39, 0.29) is 5.75 Å². The molecule has 0 fully saturated rings. The van der Waals surface area contributed by atoms with Crippen LogP contribution < -0.4 is 0 Å². The lowest BCUT2D eigenvalue weighted by Crippen LogP contribution is -2.08. The number of alkyl halides is 3. The van der Waals surface area contributed by atoms with Gasteiger partial charge in [0.05, 0.1) is 12.1 Å². The molecule has 2 rings (SSSR count). The van der Waals surface area contributed by atoms with Crippen LogP contribution in [0.4, 0.5) is 13.2 Å². The van der Waals surface area contributed by atoms with Crippen LogP contribution >= 0.6 is 11.8 Å². The molecule has 2 aromatic rings. The maximum atomic E-state index is 12.1. The van der Waals surface area contributed by atoms with Gasteiger partial charge in [-0.2, -0.15) is 13.2 Å². The van der Waals surface area contributed by atoms with E-state index in [0.717, 1.165) is 28.7 Å². The van der Waals surface area contributed by atoms with Crippen molar-refractivity contribution in [2.24, 2.45) is 0 Å². The van der Waals surface area contributed by atoms with E-state index in [2.05, 4.69) is 9.97 Å². The molecule has 108 valence electrons. The van der Waals surface area contributed by atoms with E-state index in [9.17, 15) is 13.2 Å². The summed E-state index contributed by atoms with van der Waals surface area (Å²) in [4.78, 5) is 7.40. The Labute approximate surface area is 119 Å². The van der Waals surface area contributed by atoms with Gasteiger partial charge in [-0.3, -0.25) is 0 Å². The van der Waals surface area contributed by atoms with Crippen LogP contribution in [0.1, 0.15) is 23.4 Å². The first-order valence-corrected chi connectivity index (χ1v) is 7.21. The van der Waals surface area contributed by atoms with Crippen molar-refractivity contribution in [3.05, 3.63) is 47.3 Å². The highest BCUT2D eigenvalue weighted by Crippen LogP contribution is 2.25. The third-order valence-electron chi connectivity index (χ3n) is 2.80. The van der Waals surface area contributed by atoms with Gasteiger partial charge >= 0.3 is 6.18 Å². The molecule has 0 aliphatic heterocycles. The van der Waals surface area contributed by atoms with Crippen LogP contribution in [0, 0.1) is 6.92 Å². The van der Waals surface area contributed by atoms with Crippen molar-refractivity contribution in [3.63, 3.8) is 0 Å². The molecule has 1 heterocycles. The Morgan fingerprint density at radius 2 is 1.90 bits per heavy atom. The summed E-state index contributed by atoms with van der Waals surface area (Å²) in [5, 5.41) is 0.553. The Balaban J connectivity index is 1.96. The summed E-state index contributed by atoms with van der Waals surface area (Å²) in [5.74, 6) is -0.0127. The summed E-state index contributed by atoms with van der Waals surface area (Å²) < 4.78 is 36.3. The smallest absolute Gasteiger partial charge is 0.337 e. The standard InChI is InChI=1S/C14H15F3N2S/c1-10-12(9-11-5-3-2-4-6-11)19-13(18-10)20-8-7-14(15,16)17/h2-6H,7-9H2,1H3,(H,18,19). The number of nitrogens with zero attached hydrogens (tertiary/aromatic N) is 1. The zero-order valence-corrected chi connectivity index (χ0v) is 11.8. The van der Waals surface area contributed by atoms with Gasteiger partial charge in [0.15, 0.2) is 5.16 Å². The molecule has 2 nitrogen and oxygen atoms in total. The molecule has 0 aliphatic carbocycles. The van der Waals surface area contributed by atoms with Gasteiger partial charge < -0.3 is 4.98 Å². The van der Waals surface area contributed by atoms with Crippen LogP contribution in [-0.4, -0.2) is 21.9 Å². The molecule has 1 aromatic carbocycles. The summed E-state index contributed by atoms with van der Waals surface area (Å²) in [6.45, 7) is 1.89. The average Bonchev–Trinajstić information content (AvgIpc) is 2.70. The van der Waals surface area contributed by atoms with Crippen molar-refractivity contribution in [2.75, 3.05) is 5.75 Å². The van der Waals surface area contributed by atoms with E-state index in [0.29, 0.717) is 11.6 Å². The molecule has 0 atom stereocenters. The minimum Gasteiger partial charge on any atom is -0.337 e. The normalized spacial score (nSPS) is 11.8. The fraction of sp³-hybridized carbons (Fsp3) is 0.357. The number of aromatic nitrogens is 2. The lowest BCUT2D eigenvalue weighted by molar-refractivity contribution is -0.129. The quantitative estimate of drug-likeness (QED) is 0.831. The number of rotatable bonds is 5. The molecule has 0 radical (unpaired) electrons. The van der Waals surface area contributed by atoms with Crippen molar-refractivity contribution in [2.45, 2.75) is 31.1 Å². The van der Waals surface area contributed by atoms with E-state index in [4.69, 9.17) is 0 Å². The van der Waals surface area contributed by atoms with E-state index in [1.807, 2.05) is 37.3 Å². The van der Waals surface area contributed by atoms with Crippen molar-refractivity contribution in [1.82, 2.24) is 9.97 Å². The molecule has 1 aromatic heterocycles. The topological polar surface area (TPSA) is 28.7 Å². The number of imidazole rings is 1. The molecule has 1 N–H and O–H groups in total. The molecule has 0 amide bonds. The Kier molecular flexibility index (Phi) is 4.75. The number of benzene rings is 1. The third kappa shape index (κ3) is 4.59. The average molecular weight is 300 g/mol. The number of hydrogen-bond donors (Lipinski definition) is 1. The molecular weight excluding hydrogens is 285 g/mol. The number of H-pyrrole nitrogens is 1. The lowest BCUT2D eigenvalue weighted by atomic mass is 10.1. The van der Waals surface area contributed by atoms with Gasteiger partial charge in [0.1, 0.15) is 0 Å². The van der Waals surface area contributed by atoms with Gasteiger partial charge in [-0.1, -0.05) is 42.1 Å². The number of hydrogen-bond acceptors (Lipinski definition) is 2. The molecule has 0 unspecified atom stereocenters. The SMILES string of the molecule is Cc1[nH]c(SCCC(F)(F)F)nc1Cc1ccccc1. The van der Waals surface area contributed by atoms with E-state index in [1.165, 1.54) is 0 Å². The molecule has 0 saturated heterocycles. The fourth-order valence-electron chi connectivity index (χ4n) is 1.76. The van der Waals surface area contributed by atoms with Crippen LogP contribution in [-0.2, 0) is 6.42 Å². The van der Waals surface area contributed by atoms with E-state index >= 15 is 0 Å². The molecule has 20 heavy (non-hydrogen) atoms. The minimum atomic E-state index is -4.11. The van der Waals surface area contributed by atoms with Gasteiger partial charge in [0.2, 0.25) is 0 Å². The zero-order chi connectivity index (χ0) is 14.6. The highest BCUT2D eigenvalue weighted by atomic mass is 32.2. The summed E-state index contributed by atoms with van der Waals surface area (Å²) >= 11 is 1.11. The van der Waals surface area contributed by atoms with Crippen LogP contribution in [0.25, 0.3) is 0 Å². The predicted molar refractivity (Wildman–Crippen MR) is 74.0 cm³/mol. The molecular formula is C14H15F3N2S. The van der Waals surface area contributed by atoms with Gasteiger partial charge in [-0.25, -0.2) is 4.98 Å². The summed E-state index contributed by atoms with van der Waals surface area (Å²) in [6, 6.07) is 9.86. The van der Waals surface area contributed by atoms with Crippen molar-refractivity contribution in [3.8, 4) is 0 Å². The minimum absolute atomic E-state index is 0.0127. The van der Waals surface area contributed by atoms with E-state index in [1.54, 1.807) is 0 Å². The highest BCUT2D eigenvalue weighted by Gasteiger charge is 2.26. The van der Waals surface area contributed by atoms with Crippen molar-refractivity contribution >= 4 is 11.8 Å². The summed E-state index contributed by atoms with van der Waals surface area (Å²) in [6.07, 6.45) is -4.23. The van der Waals surface area contributed by atoms with Crippen molar-refractivity contribution < 1.29 is 13.2 Å². The first-order chi connectivity index (χ1) is 9.44. The second-order valence-corrected chi connectivity index (χ2v) is 5.57. The molecule has 0 bridgehead atoms. The number of nitrogens with one attached hydrogen (secondary N) is 1. The maximum absolute atomic E-state index is 12.1. The van der Waals surface area contributed by atoms with Crippen molar-refractivity contribution in [1.29, 1.82) is 0 Å². The molecule has 0 aliphatic rings. The number of halogens is 3. The van der Waals surface area contributed by atoms with Crippen LogP contribution in [0.5, 0.6) is 0 Å². The Morgan fingerprint density at radius 1 is 1.20 bits per heavy atom.